The Hall–Kier alpha value is -1.50. The summed E-state index contributed by atoms with van der Waals surface area (Å²) in [6.45, 7) is 3.93. The largest absolute Gasteiger partial charge is 0.495 e. The van der Waals surface area contributed by atoms with E-state index in [-0.39, 0.29) is 0 Å². The van der Waals surface area contributed by atoms with Gasteiger partial charge < -0.3 is 20.5 Å². The maximum Gasteiger partial charge on any atom is 0.142 e. The van der Waals surface area contributed by atoms with E-state index in [1.54, 1.807) is 18.9 Å². The lowest BCUT2D eigenvalue weighted by Gasteiger charge is -2.19. The lowest BCUT2D eigenvalue weighted by Crippen LogP contribution is -2.39. The Labute approximate surface area is 164 Å². The highest BCUT2D eigenvalue weighted by Gasteiger charge is 2.18. The van der Waals surface area contributed by atoms with Gasteiger partial charge in [-0.05, 0) is 36.7 Å². The first-order valence-electron chi connectivity index (χ1n) is 8.80. The zero-order valence-electron chi connectivity index (χ0n) is 15.2. The minimum atomic E-state index is 0.363. The molecule has 1 aliphatic rings. The number of benzene rings is 2. The van der Waals surface area contributed by atoms with Crippen molar-refractivity contribution in [3.63, 3.8) is 0 Å². The summed E-state index contributed by atoms with van der Waals surface area (Å²) in [6, 6.07) is 14.5. The fourth-order valence-corrected chi connectivity index (χ4v) is 4.77. The summed E-state index contributed by atoms with van der Waals surface area (Å²) in [5.74, 6) is 4.30. The molecule has 2 atom stereocenters. The zero-order valence-corrected chi connectivity index (χ0v) is 16.9. The number of fused-ring (bicyclic) bond motifs is 1. The number of para-hydroxylation sites is 2. The van der Waals surface area contributed by atoms with E-state index in [0.29, 0.717) is 18.6 Å². The number of hydrogen-bond donors (Lipinski definition) is 2. The molecule has 0 spiro atoms. The fraction of sp³-hybridized carbons (Fsp3) is 0.400. The highest BCUT2D eigenvalue weighted by molar-refractivity contribution is 7.99. The molecule has 0 saturated heterocycles. The summed E-state index contributed by atoms with van der Waals surface area (Å²) in [5.41, 5.74) is 6.88. The maximum atomic E-state index is 6.15. The molecule has 3 rings (SSSR count). The first kappa shape index (κ1) is 19.3. The summed E-state index contributed by atoms with van der Waals surface area (Å²) >= 11 is 3.65. The smallest absolute Gasteiger partial charge is 0.142 e. The molecular formula is C20H26N2O2S2. The highest BCUT2D eigenvalue weighted by atomic mass is 32.2. The Kier molecular flexibility index (Phi) is 7.00. The normalized spacial score (nSPS) is 17.7. The van der Waals surface area contributed by atoms with Gasteiger partial charge in [0.15, 0.2) is 0 Å². The van der Waals surface area contributed by atoms with Gasteiger partial charge in [0.25, 0.3) is 0 Å². The van der Waals surface area contributed by atoms with Gasteiger partial charge in [0.1, 0.15) is 18.1 Å². The van der Waals surface area contributed by atoms with Gasteiger partial charge in [0.2, 0.25) is 0 Å². The molecule has 4 nitrogen and oxygen atoms in total. The van der Waals surface area contributed by atoms with Crippen LogP contribution in [0.15, 0.2) is 52.3 Å². The van der Waals surface area contributed by atoms with Gasteiger partial charge in [0, 0.05) is 21.3 Å². The summed E-state index contributed by atoms with van der Waals surface area (Å²) in [6.07, 6.45) is 0. The van der Waals surface area contributed by atoms with Gasteiger partial charge in [-0.25, -0.2) is 0 Å². The average molecular weight is 391 g/mol. The van der Waals surface area contributed by atoms with E-state index in [0.717, 1.165) is 40.1 Å². The number of thioether (sulfide) groups is 2. The number of methoxy groups -OCH3 is 1. The third-order valence-electron chi connectivity index (χ3n) is 4.25. The van der Waals surface area contributed by atoms with Crippen LogP contribution in [0.3, 0.4) is 0 Å². The van der Waals surface area contributed by atoms with Crippen LogP contribution < -0.4 is 20.5 Å². The summed E-state index contributed by atoms with van der Waals surface area (Å²) in [7, 11) is 1.65. The van der Waals surface area contributed by atoms with Crippen molar-refractivity contribution in [1.29, 1.82) is 0 Å². The van der Waals surface area contributed by atoms with Crippen molar-refractivity contribution in [3.8, 4) is 11.5 Å². The monoisotopic (exact) mass is 390 g/mol. The molecular weight excluding hydrogens is 364 g/mol. The van der Waals surface area contributed by atoms with Crippen molar-refractivity contribution in [1.82, 2.24) is 5.32 Å². The van der Waals surface area contributed by atoms with Crippen LogP contribution in [-0.2, 0) is 0 Å². The molecule has 26 heavy (non-hydrogen) atoms. The van der Waals surface area contributed by atoms with Crippen LogP contribution in [0.2, 0.25) is 0 Å². The summed E-state index contributed by atoms with van der Waals surface area (Å²) < 4.78 is 11.2. The van der Waals surface area contributed by atoms with E-state index in [9.17, 15) is 0 Å². The number of nitrogens with one attached hydrogen (secondary N) is 1. The van der Waals surface area contributed by atoms with Crippen LogP contribution in [-0.4, -0.2) is 37.8 Å². The van der Waals surface area contributed by atoms with Crippen molar-refractivity contribution in [2.75, 3.05) is 37.5 Å². The molecule has 0 saturated carbocycles. The summed E-state index contributed by atoms with van der Waals surface area (Å²) in [5, 5.41) is 3.65. The quantitative estimate of drug-likeness (QED) is 0.547. The van der Waals surface area contributed by atoms with Crippen LogP contribution in [0.25, 0.3) is 0 Å². The Morgan fingerprint density at radius 2 is 2.15 bits per heavy atom. The van der Waals surface area contributed by atoms with Crippen molar-refractivity contribution in [2.45, 2.75) is 22.8 Å². The predicted octanol–water partition coefficient (Wildman–Crippen LogP) is 4.15. The molecule has 0 unspecified atom stereocenters. The van der Waals surface area contributed by atoms with Crippen LogP contribution in [0.4, 0.5) is 5.69 Å². The number of hydrogen-bond acceptors (Lipinski definition) is 6. The maximum absolute atomic E-state index is 6.15. The van der Waals surface area contributed by atoms with Crippen molar-refractivity contribution < 1.29 is 9.47 Å². The van der Waals surface area contributed by atoms with E-state index in [2.05, 4.69) is 30.4 Å². The van der Waals surface area contributed by atoms with E-state index in [1.165, 1.54) is 4.90 Å². The highest BCUT2D eigenvalue weighted by Crippen LogP contribution is 2.34. The van der Waals surface area contributed by atoms with Gasteiger partial charge in [-0.3, -0.25) is 0 Å². The second-order valence-corrected chi connectivity index (χ2v) is 8.59. The second-order valence-electron chi connectivity index (χ2n) is 6.46. The first-order valence-corrected chi connectivity index (χ1v) is 10.8. The molecule has 3 N–H and O–H groups in total. The van der Waals surface area contributed by atoms with Crippen molar-refractivity contribution in [3.05, 3.63) is 42.5 Å². The third kappa shape index (κ3) is 5.02. The number of anilines is 1. The van der Waals surface area contributed by atoms with Crippen LogP contribution in [0.1, 0.15) is 6.92 Å². The minimum Gasteiger partial charge on any atom is -0.495 e. The van der Waals surface area contributed by atoms with Crippen LogP contribution in [0, 0.1) is 5.92 Å². The topological polar surface area (TPSA) is 56.5 Å². The average Bonchev–Trinajstić information content (AvgIpc) is 2.88. The lowest BCUT2D eigenvalue weighted by molar-refractivity contribution is 0.270. The van der Waals surface area contributed by atoms with Crippen LogP contribution >= 0.6 is 23.5 Å². The van der Waals surface area contributed by atoms with Gasteiger partial charge in [-0.1, -0.05) is 25.1 Å². The number of nitrogens with two attached hydrogens (primary N) is 1. The van der Waals surface area contributed by atoms with Gasteiger partial charge in [0.05, 0.1) is 18.8 Å². The molecule has 0 aromatic heterocycles. The van der Waals surface area contributed by atoms with Gasteiger partial charge in [-0.2, -0.15) is 0 Å². The van der Waals surface area contributed by atoms with E-state index < -0.39 is 0 Å². The molecule has 140 valence electrons. The molecule has 1 heterocycles. The van der Waals surface area contributed by atoms with Gasteiger partial charge >= 0.3 is 0 Å². The Bertz CT molecular complexity index is 700. The molecule has 2 aromatic rings. The van der Waals surface area contributed by atoms with E-state index >= 15 is 0 Å². The molecule has 0 amide bonds. The fourth-order valence-electron chi connectivity index (χ4n) is 2.72. The number of ether oxygens (including phenoxy) is 2. The lowest BCUT2D eigenvalue weighted by atomic mass is 10.2. The predicted molar refractivity (Wildman–Crippen MR) is 112 cm³/mol. The van der Waals surface area contributed by atoms with Crippen molar-refractivity contribution in [2.24, 2.45) is 5.92 Å². The second kappa shape index (κ2) is 9.44. The summed E-state index contributed by atoms with van der Waals surface area (Å²) in [4.78, 5) is 2.31. The van der Waals surface area contributed by atoms with E-state index in [1.807, 2.05) is 36.0 Å². The molecule has 0 fully saturated rings. The minimum absolute atomic E-state index is 0.363. The molecule has 2 aromatic carbocycles. The molecule has 0 radical (unpaired) electrons. The van der Waals surface area contributed by atoms with Gasteiger partial charge in [-0.15, -0.1) is 23.5 Å². The molecule has 0 aliphatic carbocycles. The third-order valence-corrected chi connectivity index (χ3v) is 6.87. The molecule has 1 aliphatic heterocycles. The Morgan fingerprint density at radius 3 is 3.00 bits per heavy atom. The standard InChI is InChI=1S/C20H26N2O2S2/c1-14(12-25-19-9-5-7-17(23-2)20(19)21)10-22-15-11-24-16-6-3-4-8-18(16)26-13-15/h3-9,14-15,22H,10-13,21H2,1-2H3/t14-,15+/m0/s1. The number of nitrogen functional groups attached to an aromatic ring is 1. The van der Waals surface area contributed by atoms with Crippen LogP contribution in [0.5, 0.6) is 11.5 Å². The SMILES string of the molecule is COc1cccc(SC[C@@H](C)CN[C@@H]2COc3ccccc3SC2)c1N. The number of rotatable bonds is 7. The van der Waals surface area contributed by atoms with E-state index in [4.69, 9.17) is 15.2 Å². The Morgan fingerprint density at radius 1 is 1.31 bits per heavy atom. The molecule has 0 bridgehead atoms. The zero-order chi connectivity index (χ0) is 18.4. The first-order chi connectivity index (χ1) is 12.7. The Balaban J connectivity index is 1.44. The molecule has 6 heteroatoms. The van der Waals surface area contributed by atoms with Crippen molar-refractivity contribution >= 4 is 29.2 Å².